The quantitative estimate of drug-likeness (QED) is 0.549. The van der Waals surface area contributed by atoms with Crippen LogP contribution >= 0.6 is 11.3 Å². The van der Waals surface area contributed by atoms with Gasteiger partial charge in [-0.1, -0.05) is 41.2 Å². The number of hydrogen-bond acceptors (Lipinski definition) is 5. The monoisotopic (exact) mass is 411 g/mol. The summed E-state index contributed by atoms with van der Waals surface area (Å²) in [7, 11) is 4.02. The number of likely N-dealkylation sites (N-methyl/N-ethyl adjacent to an activating group) is 1. The van der Waals surface area contributed by atoms with Gasteiger partial charge in [0, 0.05) is 13.1 Å². The minimum Gasteiger partial charge on any atom is -0.492 e. The molecule has 0 unspecified atom stereocenters. The Bertz CT molecular complexity index is 997. The number of anilines is 1. The third-order valence-electron chi connectivity index (χ3n) is 4.81. The number of benzene rings is 2. The molecule has 6 heteroatoms. The third-order valence-corrected chi connectivity index (χ3v) is 5.86. The predicted octanol–water partition coefficient (Wildman–Crippen LogP) is 4.45. The van der Waals surface area contributed by atoms with Gasteiger partial charge in [0.05, 0.1) is 17.7 Å². The molecule has 0 aliphatic heterocycles. The standard InChI is InChI=1S/C23H29N3O2S/c1-6-28-19-8-7-9-20-22(19)24-23(29-20)26(13-12-25(4)5)21(27)15-18-11-10-16(2)14-17(18)3/h7-11,14H,6,12-13,15H2,1-5H3. The normalized spacial score (nSPS) is 11.2. The fourth-order valence-electron chi connectivity index (χ4n) is 3.23. The second-order valence-corrected chi connectivity index (χ2v) is 8.50. The molecule has 29 heavy (non-hydrogen) atoms. The third kappa shape index (κ3) is 5.14. The van der Waals surface area contributed by atoms with Crippen LogP contribution < -0.4 is 9.64 Å². The number of nitrogens with zero attached hydrogens (tertiary/aromatic N) is 3. The Labute approximate surface area is 176 Å². The lowest BCUT2D eigenvalue weighted by Crippen LogP contribution is -2.37. The lowest BCUT2D eigenvalue weighted by Gasteiger charge is -2.22. The van der Waals surface area contributed by atoms with Crippen molar-refractivity contribution in [2.75, 3.05) is 38.7 Å². The van der Waals surface area contributed by atoms with Crippen LogP contribution in [0.15, 0.2) is 36.4 Å². The highest BCUT2D eigenvalue weighted by molar-refractivity contribution is 7.22. The zero-order valence-electron chi connectivity index (χ0n) is 17.9. The summed E-state index contributed by atoms with van der Waals surface area (Å²) in [4.78, 5) is 22.0. The van der Waals surface area contributed by atoms with E-state index in [2.05, 4.69) is 36.9 Å². The van der Waals surface area contributed by atoms with Crippen molar-refractivity contribution in [2.24, 2.45) is 0 Å². The molecule has 0 spiro atoms. The Hall–Kier alpha value is -2.44. The number of hydrogen-bond donors (Lipinski definition) is 0. The zero-order valence-corrected chi connectivity index (χ0v) is 18.7. The van der Waals surface area contributed by atoms with Crippen molar-refractivity contribution in [3.63, 3.8) is 0 Å². The molecule has 3 rings (SSSR count). The molecule has 0 fully saturated rings. The van der Waals surface area contributed by atoms with Gasteiger partial charge in [-0.25, -0.2) is 4.98 Å². The van der Waals surface area contributed by atoms with Gasteiger partial charge in [-0.05, 0) is 58.1 Å². The summed E-state index contributed by atoms with van der Waals surface area (Å²) in [6.45, 7) is 8.04. The molecule has 0 atom stereocenters. The summed E-state index contributed by atoms with van der Waals surface area (Å²) < 4.78 is 6.75. The van der Waals surface area contributed by atoms with Crippen LogP contribution in [0.3, 0.4) is 0 Å². The van der Waals surface area contributed by atoms with Gasteiger partial charge in [0.15, 0.2) is 5.13 Å². The average molecular weight is 412 g/mol. The lowest BCUT2D eigenvalue weighted by molar-refractivity contribution is -0.118. The molecule has 0 saturated heterocycles. The Morgan fingerprint density at radius 2 is 1.93 bits per heavy atom. The van der Waals surface area contributed by atoms with Crippen molar-refractivity contribution in [2.45, 2.75) is 27.2 Å². The molecule has 2 aromatic carbocycles. The number of carbonyl (C=O) groups excluding carboxylic acids is 1. The summed E-state index contributed by atoms with van der Waals surface area (Å²) in [5.74, 6) is 0.831. The predicted molar refractivity (Wildman–Crippen MR) is 121 cm³/mol. The maximum atomic E-state index is 13.3. The van der Waals surface area contributed by atoms with Crippen LogP contribution in [0.2, 0.25) is 0 Å². The van der Waals surface area contributed by atoms with Crippen LogP contribution in [0, 0.1) is 13.8 Å². The molecule has 1 amide bonds. The number of amides is 1. The van der Waals surface area contributed by atoms with Gasteiger partial charge >= 0.3 is 0 Å². The molecule has 1 aromatic heterocycles. The number of aryl methyl sites for hydroxylation is 2. The molecule has 0 aliphatic carbocycles. The van der Waals surface area contributed by atoms with Crippen molar-refractivity contribution in [1.82, 2.24) is 9.88 Å². The van der Waals surface area contributed by atoms with E-state index in [4.69, 9.17) is 9.72 Å². The topological polar surface area (TPSA) is 45.7 Å². The smallest absolute Gasteiger partial charge is 0.233 e. The maximum absolute atomic E-state index is 13.3. The van der Waals surface area contributed by atoms with Crippen LogP contribution in [0.25, 0.3) is 10.2 Å². The van der Waals surface area contributed by atoms with Gasteiger partial charge < -0.3 is 9.64 Å². The van der Waals surface area contributed by atoms with Gasteiger partial charge in [-0.2, -0.15) is 0 Å². The first-order chi connectivity index (χ1) is 13.9. The molecule has 5 nitrogen and oxygen atoms in total. The number of aromatic nitrogens is 1. The molecular weight excluding hydrogens is 382 g/mol. The van der Waals surface area contributed by atoms with E-state index in [1.165, 1.54) is 16.9 Å². The van der Waals surface area contributed by atoms with E-state index in [0.29, 0.717) is 19.6 Å². The molecule has 1 heterocycles. The summed E-state index contributed by atoms with van der Waals surface area (Å²) in [5, 5.41) is 0.726. The zero-order chi connectivity index (χ0) is 21.0. The Morgan fingerprint density at radius 3 is 2.62 bits per heavy atom. The highest BCUT2D eigenvalue weighted by Crippen LogP contribution is 2.34. The first kappa shape index (κ1) is 21.3. The minimum absolute atomic E-state index is 0.0656. The summed E-state index contributed by atoms with van der Waals surface area (Å²) in [5.41, 5.74) is 4.24. The average Bonchev–Trinajstić information content (AvgIpc) is 3.09. The molecule has 0 saturated carbocycles. The van der Waals surface area contributed by atoms with E-state index >= 15 is 0 Å². The largest absolute Gasteiger partial charge is 0.492 e. The van der Waals surface area contributed by atoms with E-state index in [1.54, 1.807) is 0 Å². The maximum Gasteiger partial charge on any atom is 0.233 e. The summed E-state index contributed by atoms with van der Waals surface area (Å²) in [6.07, 6.45) is 0.369. The van der Waals surface area contributed by atoms with Gasteiger partial charge in [-0.3, -0.25) is 9.69 Å². The molecule has 3 aromatic rings. The van der Waals surface area contributed by atoms with Crippen molar-refractivity contribution < 1.29 is 9.53 Å². The van der Waals surface area contributed by atoms with Crippen molar-refractivity contribution >= 4 is 32.6 Å². The van der Waals surface area contributed by atoms with Crippen LogP contribution in [0.4, 0.5) is 5.13 Å². The van der Waals surface area contributed by atoms with Gasteiger partial charge in [-0.15, -0.1) is 0 Å². The Morgan fingerprint density at radius 1 is 1.14 bits per heavy atom. The lowest BCUT2D eigenvalue weighted by atomic mass is 10.0. The van der Waals surface area contributed by atoms with Crippen molar-refractivity contribution in [3.8, 4) is 5.75 Å². The SMILES string of the molecule is CCOc1cccc2sc(N(CCN(C)C)C(=O)Cc3ccc(C)cc3C)nc12. The first-order valence-corrected chi connectivity index (χ1v) is 10.7. The molecule has 0 N–H and O–H groups in total. The number of fused-ring (bicyclic) bond motifs is 1. The van der Waals surface area contributed by atoms with Crippen molar-refractivity contribution in [1.29, 1.82) is 0 Å². The van der Waals surface area contributed by atoms with Gasteiger partial charge in [0.2, 0.25) is 5.91 Å². The number of rotatable bonds is 8. The van der Waals surface area contributed by atoms with Gasteiger partial charge in [0.1, 0.15) is 11.3 Å². The second-order valence-electron chi connectivity index (χ2n) is 7.49. The van der Waals surface area contributed by atoms with E-state index in [0.717, 1.165) is 38.8 Å². The summed E-state index contributed by atoms with van der Waals surface area (Å²) >= 11 is 1.54. The second kappa shape index (κ2) is 9.37. The minimum atomic E-state index is 0.0656. The van der Waals surface area contributed by atoms with Gasteiger partial charge in [0.25, 0.3) is 0 Å². The Kier molecular flexibility index (Phi) is 6.87. The van der Waals surface area contributed by atoms with E-state index < -0.39 is 0 Å². The van der Waals surface area contributed by atoms with E-state index in [1.807, 2.05) is 44.1 Å². The molecule has 154 valence electrons. The number of carbonyl (C=O) groups is 1. The number of para-hydroxylation sites is 1. The van der Waals surface area contributed by atoms with Crippen LogP contribution in [0.1, 0.15) is 23.6 Å². The molecular formula is C23H29N3O2S. The number of thiazole rings is 1. The number of ether oxygens (including phenoxy) is 1. The van der Waals surface area contributed by atoms with Crippen LogP contribution in [-0.4, -0.2) is 49.6 Å². The first-order valence-electron chi connectivity index (χ1n) is 9.92. The van der Waals surface area contributed by atoms with E-state index in [-0.39, 0.29) is 5.91 Å². The molecule has 0 radical (unpaired) electrons. The summed E-state index contributed by atoms with van der Waals surface area (Å²) in [6, 6.07) is 12.2. The fourth-order valence-corrected chi connectivity index (χ4v) is 4.25. The Balaban J connectivity index is 1.93. The highest BCUT2D eigenvalue weighted by Gasteiger charge is 2.21. The van der Waals surface area contributed by atoms with Crippen LogP contribution in [-0.2, 0) is 11.2 Å². The fraction of sp³-hybridized carbons (Fsp3) is 0.391. The van der Waals surface area contributed by atoms with Crippen molar-refractivity contribution in [3.05, 3.63) is 53.1 Å². The van der Waals surface area contributed by atoms with E-state index in [9.17, 15) is 4.79 Å². The van der Waals surface area contributed by atoms with Crippen LogP contribution in [0.5, 0.6) is 5.75 Å². The molecule has 0 aliphatic rings. The highest BCUT2D eigenvalue weighted by atomic mass is 32.1. The molecule has 0 bridgehead atoms.